The van der Waals surface area contributed by atoms with E-state index >= 15 is 0 Å². The molecule has 0 amide bonds. The highest BCUT2D eigenvalue weighted by molar-refractivity contribution is 5.87. The van der Waals surface area contributed by atoms with Crippen LogP contribution in [0.15, 0.2) is 33.5 Å². The van der Waals surface area contributed by atoms with Crippen molar-refractivity contribution in [3.05, 3.63) is 40.3 Å². The number of phenols is 1. The van der Waals surface area contributed by atoms with Gasteiger partial charge in [-0.15, -0.1) is 0 Å². The van der Waals surface area contributed by atoms with E-state index in [1.54, 1.807) is 6.07 Å². The van der Waals surface area contributed by atoms with E-state index < -0.39 is 17.2 Å². The lowest BCUT2D eigenvalue weighted by Crippen LogP contribution is -2.33. The van der Waals surface area contributed by atoms with Crippen molar-refractivity contribution < 1.29 is 28.9 Å². The van der Waals surface area contributed by atoms with Crippen molar-refractivity contribution in [1.82, 2.24) is 0 Å². The van der Waals surface area contributed by atoms with Crippen LogP contribution in [-0.2, 0) is 9.53 Å². The van der Waals surface area contributed by atoms with E-state index in [1.807, 2.05) is 0 Å². The van der Waals surface area contributed by atoms with Crippen LogP contribution in [0.4, 0.5) is 0 Å². The van der Waals surface area contributed by atoms with Gasteiger partial charge < -0.3 is 24.1 Å². The van der Waals surface area contributed by atoms with Crippen molar-refractivity contribution in [2.45, 2.75) is 12.5 Å². The summed E-state index contributed by atoms with van der Waals surface area (Å²) in [6, 6.07) is 4.44. The van der Waals surface area contributed by atoms with Gasteiger partial charge in [-0.3, -0.25) is 0 Å². The van der Waals surface area contributed by atoms with Gasteiger partial charge in [-0.25, -0.2) is 9.59 Å². The van der Waals surface area contributed by atoms with E-state index in [2.05, 4.69) is 4.74 Å². The zero-order chi connectivity index (χ0) is 17.2. The molecule has 7 heteroatoms. The summed E-state index contributed by atoms with van der Waals surface area (Å²) in [7, 11) is 2.49. The van der Waals surface area contributed by atoms with Crippen LogP contribution < -0.4 is 10.4 Å². The summed E-state index contributed by atoms with van der Waals surface area (Å²) in [6.07, 6.45) is 2.40. The highest BCUT2D eigenvalue weighted by Gasteiger charge is 2.28. The van der Waals surface area contributed by atoms with E-state index in [4.69, 9.17) is 9.15 Å². The molecule has 1 unspecified atom stereocenters. The topological polar surface area (TPSA) is 106 Å². The van der Waals surface area contributed by atoms with Gasteiger partial charge in [-0.2, -0.15) is 0 Å². The molecule has 23 heavy (non-hydrogen) atoms. The second-order valence-electron chi connectivity index (χ2n) is 5.00. The van der Waals surface area contributed by atoms with Crippen LogP contribution in [-0.4, -0.2) is 36.0 Å². The average Bonchev–Trinajstić information content (AvgIpc) is 2.52. The molecule has 0 saturated carbocycles. The number of carbonyl (C=O) groups excluding carboxylic acids is 1. The van der Waals surface area contributed by atoms with Crippen molar-refractivity contribution in [1.29, 1.82) is 0 Å². The Morgan fingerprint density at radius 2 is 2.04 bits per heavy atom. The minimum atomic E-state index is -1.87. The number of aliphatic hydroxyl groups is 1. The van der Waals surface area contributed by atoms with Crippen LogP contribution in [0, 0.1) is 0 Å². The van der Waals surface area contributed by atoms with Gasteiger partial charge in [0.2, 0.25) is 5.75 Å². The SMILES string of the molecule is COC(=O)C(C)(O)/C=C/c1cc2ccc(O)c(OC)c2oc1=O. The minimum Gasteiger partial charge on any atom is -0.504 e. The first-order chi connectivity index (χ1) is 10.8. The number of hydrogen-bond donors (Lipinski definition) is 2. The molecule has 0 saturated heterocycles. The molecule has 0 radical (unpaired) electrons. The van der Waals surface area contributed by atoms with Gasteiger partial charge in [0.25, 0.3) is 0 Å². The molecule has 7 nitrogen and oxygen atoms in total. The second kappa shape index (κ2) is 6.13. The number of carbonyl (C=O) groups is 1. The van der Waals surface area contributed by atoms with Crippen LogP contribution >= 0.6 is 0 Å². The summed E-state index contributed by atoms with van der Waals surface area (Å²) < 4.78 is 14.6. The number of benzene rings is 1. The number of fused-ring (bicyclic) bond motifs is 1. The van der Waals surface area contributed by atoms with E-state index in [1.165, 1.54) is 32.2 Å². The van der Waals surface area contributed by atoms with Gasteiger partial charge >= 0.3 is 11.6 Å². The van der Waals surface area contributed by atoms with Crippen molar-refractivity contribution in [2.24, 2.45) is 0 Å². The lowest BCUT2D eigenvalue weighted by atomic mass is 10.1. The van der Waals surface area contributed by atoms with Crippen LogP contribution in [0.5, 0.6) is 11.5 Å². The van der Waals surface area contributed by atoms with Crippen molar-refractivity contribution in [2.75, 3.05) is 14.2 Å². The number of phenolic OH excluding ortho intramolecular Hbond substituents is 1. The standard InChI is InChI=1S/C16H16O7/c1-16(20,15(19)22-3)7-6-10-8-9-4-5-11(17)13(21-2)12(9)23-14(10)18/h4-8,17,20H,1-3H3/b7-6+. The predicted octanol–water partition coefficient (Wildman–Crippen LogP) is 1.44. The third-order valence-corrected chi connectivity index (χ3v) is 3.25. The van der Waals surface area contributed by atoms with Gasteiger partial charge in [0, 0.05) is 5.39 Å². The van der Waals surface area contributed by atoms with Crippen molar-refractivity contribution in [3.63, 3.8) is 0 Å². The third-order valence-electron chi connectivity index (χ3n) is 3.25. The number of esters is 1. The molecule has 1 aromatic carbocycles. The Labute approximate surface area is 131 Å². The maximum atomic E-state index is 12.0. The fraction of sp³-hybridized carbons (Fsp3) is 0.250. The zero-order valence-corrected chi connectivity index (χ0v) is 12.8. The zero-order valence-electron chi connectivity index (χ0n) is 12.8. The summed E-state index contributed by atoms with van der Waals surface area (Å²) in [5, 5.41) is 20.1. The molecule has 122 valence electrons. The van der Waals surface area contributed by atoms with Crippen LogP contribution in [0.2, 0.25) is 0 Å². The summed E-state index contributed by atoms with van der Waals surface area (Å²) in [6.45, 7) is 1.24. The Hall–Kier alpha value is -2.80. The molecule has 1 heterocycles. The lowest BCUT2D eigenvalue weighted by molar-refractivity contribution is -0.155. The van der Waals surface area contributed by atoms with Crippen LogP contribution in [0.1, 0.15) is 12.5 Å². The highest BCUT2D eigenvalue weighted by Crippen LogP contribution is 2.34. The molecule has 2 rings (SSSR count). The first-order valence-corrected chi connectivity index (χ1v) is 6.64. The number of hydrogen-bond acceptors (Lipinski definition) is 7. The van der Waals surface area contributed by atoms with E-state index in [9.17, 15) is 19.8 Å². The maximum Gasteiger partial charge on any atom is 0.343 e. The molecular formula is C16H16O7. The lowest BCUT2D eigenvalue weighted by Gasteiger charge is -2.15. The molecule has 2 aromatic rings. The Bertz CT molecular complexity index is 830. The van der Waals surface area contributed by atoms with Gasteiger partial charge in [-0.1, -0.05) is 0 Å². The second-order valence-corrected chi connectivity index (χ2v) is 5.00. The van der Waals surface area contributed by atoms with Gasteiger partial charge in [0.1, 0.15) is 0 Å². The van der Waals surface area contributed by atoms with Gasteiger partial charge in [-0.05, 0) is 37.3 Å². The minimum absolute atomic E-state index is 0.0525. The molecule has 2 N–H and O–H groups in total. The molecule has 0 aliphatic rings. The predicted molar refractivity (Wildman–Crippen MR) is 82.4 cm³/mol. The smallest absolute Gasteiger partial charge is 0.343 e. The molecule has 1 aromatic heterocycles. The fourth-order valence-electron chi connectivity index (χ4n) is 2.00. The Balaban J connectivity index is 2.52. The Morgan fingerprint density at radius 3 is 2.65 bits per heavy atom. The molecule has 0 spiro atoms. The highest BCUT2D eigenvalue weighted by atomic mass is 16.5. The van der Waals surface area contributed by atoms with Gasteiger partial charge in [0.05, 0.1) is 19.8 Å². The average molecular weight is 320 g/mol. The van der Waals surface area contributed by atoms with Crippen molar-refractivity contribution in [3.8, 4) is 11.5 Å². The molecule has 0 aliphatic carbocycles. The number of rotatable bonds is 4. The van der Waals surface area contributed by atoms with E-state index in [0.717, 1.165) is 13.2 Å². The van der Waals surface area contributed by atoms with Crippen molar-refractivity contribution >= 4 is 23.0 Å². The Kier molecular flexibility index (Phi) is 4.42. The summed E-state index contributed by atoms with van der Waals surface area (Å²) in [5.74, 6) is -0.956. The number of aromatic hydroxyl groups is 1. The summed E-state index contributed by atoms with van der Waals surface area (Å²) in [5.41, 5.74) is -2.36. The number of methoxy groups -OCH3 is 2. The maximum absolute atomic E-state index is 12.0. The molecule has 0 bridgehead atoms. The molecule has 0 fully saturated rings. The summed E-state index contributed by atoms with van der Waals surface area (Å²) >= 11 is 0. The van der Waals surface area contributed by atoms with Crippen LogP contribution in [0.3, 0.4) is 0 Å². The Morgan fingerprint density at radius 1 is 1.35 bits per heavy atom. The number of ether oxygens (including phenoxy) is 2. The first kappa shape index (κ1) is 16.6. The largest absolute Gasteiger partial charge is 0.504 e. The quantitative estimate of drug-likeness (QED) is 0.648. The van der Waals surface area contributed by atoms with Crippen LogP contribution in [0.25, 0.3) is 17.0 Å². The monoisotopic (exact) mass is 320 g/mol. The first-order valence-electron chi connectivity index (χ1n) is 6.64. The van der Waals surface area contributed by atoms with E-state index in [0.29, 0.717) is 5.39 Å². The molecular weight excluding hydrogens is 304 g/mol. The third kappa shape index (κ3) is 3.19. The normalized spacial score (nSPS) is 13.9. The summed E-state index contributed by atoms with van der Waals surface area (Å²) in [4.78, 5) is 23.4. The van der Waals surface area contributed by atoms with E-state index in [-0.39, 0.29) is 22.6 Å². The molecule has 1 atom stereocenters. The fourth-order valence-corrected chi connectivity index (χ4v) is 2.00. The van der Waals surface area contributed by atoms with Gasteiger partial charge in [0.15, 0.2) is 16.9 Å². The molecule has 0 aliphatic heterocycles.